The van der Waals surface area contributed by atoms with Crippen molar-refractivity contribution in [2.45, 2.75) is 13.3 Å². The zero-order valence-electron chi connectivity index (χ0n) is 11.7. The van der Waals surface area contributed by atoms with E-state index in [9.17, 15) is 9.18 Å². The predicted octanol–water partition coefficient (Wildman–Crippen LogP) is 4.09. The lowest BCUT2D eigenvalue weighted by molar-refractivity contribution is -0.115. The third kappa shape index (κ3) is 4.04. The zero-order chi connectivity index (χ0) is 15.4. The first-order chi connectivity index (χ1) is 9.99. The Morgan fingerprint density at radius 3 is 2.81 bits per heavy atom. The molecule has 0 aromatic heterocycles. The van der Waals surface area contributed by atoms with Crippen LogP contribution in [-0.4, -0.2) is 13.0 Å². The van der Waals surface area contributed by atoms with Crippen molar-refractivity contribution in [2.75, 3.05) is 12.4 Å². The predicted molar refractivity (Wildman–Crippen MR) is 84.2 cm³/mol. The van der Waals surface area contributed by atoms with Crippen LogP contribution in [0.4, 0.5) is 10.1 Å². The van der Waals surface area contributed by atoms with E-state index in [4.69, 9.17) is 4.74 Å². The van der Waals surface area contributed by atoms with Crippen LogP contribution in [-0.2, 0) is 11.2 Å². The summed E-state index contributed by atoms with van der Waals surface area (Å²) in [6.45, 7) is 1.81. The molecule has 0 spiro atoms. The number of rotatable bonds is 4. The van der Waals surface area contributed by atoms with E-state index >= 15 is 0 Å². The SMILES string of the molecule is COc1cccc(CC(=O)Nc2cc(F)c(Br)cc2C)c1. The first kappa shape index (κ1) is 15.5. The first-order valence-corrected chi connectivity index (χ1v) is 7.17. The van der Waals surface area contributed by atoms with Crippen LogP contribution in [0, 0.1) is 12.7 Å². The van der Waals surface area contributed by atoms with E-state index in [1.165, 1.54) is 6.07 Å². The number of benzene rings is 2. The van der Waals surface area contributed by atoms with E-state index < -0.39 is 5.82 Å². The number of aryl methyl sites for hydroxylation is 1. The third-order valence-corrected chi connectivity index (χ3v) is 3.65. The molecule has 0 aliphatic carbocycles. The van der Waals surface area contributed by atoms with Gasteiger partial charge in [-0.15, -0.1) is 0 Å². The van der Waals surface area contributed by atoms with Crippen molar-refractivity contribution in [2.24, 2.45) is 0 Å². The normalized spacial score (nSPS) is 10.3. The number of carbonyl (C=O) groups is 1. The second-order valence-corrected chi connectivity index (χ2v) is 5.51. The number of ether oxygens (including phenoxy) is 1. The lowest BCUT2D eigenvalue weighted by atomic mass is 10.1. The van der Waals surface area contributed by atoms with Crippen LogP contribution in [0.2, 0.25) is 0 Å². The lowest BCUT2D eigenvalue weighted by Gasteiger charge is -2.10. The van der Waals surface area contributed by atoms with Gasteiger partial charge in [0, 0.05) is 5.69 Å². The summed E-state index contributed by atoms with van der Waals surface area (Å²) in [5, 5.41) is 2.72. The number of amides is 1. The molecule has 5 heteroatoms. The van der Waals surface area contributed by atoms with E-state index in [1.54, 1.807) is 19.2 Å². The molecule has 0 bridgehead atoms. The number of halogens is 2. The Bertz CT molecular complexity index is 673. The summed E-state index contributed by atoms with van der Waals surface area (Å²) in [7, 11) is 1.58. The molecule has 0 unspecified atom stereocenters. The maximum atomic E-state index is 13.5. The van der Waals surface area contributed by atoms with Gasteiger partial charge in [0.15, 0.2) is 0 Å². The minimum atomic E-state index is -0.405. The minimum absolute atomic E-state index is 0.201. The molecule has 1 amide bonds. The number of methoxy groups -OCH3 is 1. The Kier molecular flexibility index (Phi) is 4.96. The monoisotopic (exact) mass is 351 g/mol. The van der Waals surface area contributed by atoms with Crippen LogP contribution in [0.5, 0.6) is 5.75 Å². The molecule has 0 saturated heterocycles. The van der Waals surface area contributed by atoms with Gasteiger partial charge in [0.05, 0.1) is 18.0 Å². The van der Waals surface area contributed by atoms with Gasteiger partial charge >= 0.3 is 0 Å². The fourth-order valence-corrected chi connectivity index (χ4v) is 2.40. The summed E-state index contributed by atoms with van der Waals surface area (Å²) < 4.78 is 19.0. The molecular formula is C16H15BrFNO2. The average Bonchev–Trinajstić information content (AvgIpc) is 2.45. The van der Waals surface area contributed by atoms with Crippen molar-refractivity contribution in [3.63, 3.8) is 0 Å². The Hall–Kier alpha value is -1.88. The van der Waals surface area contributed by atoms with Gasteiger partial charge in [0.1, 0.15) is 11.6 Å². The molecule has 3 nitrogen and oxygen atoms in total. The molecule has 0 aliphatic heterocycles. The molecule has 0 atom stereocenters. The van der Waals surface area contributed by atoms with E-state index in [-0.39, 0.29) is 12.3 Å². The molecule has 21 heavy (non-hydrogen) atoms. The maximum Gasteiger partial charge on any atom is 0.228 e. The number of anilines is 1. The van der Waals surface area contributed by atoms with Crippen molar-refractivity contribution in [1.82, 2.24) is 0 Å². The molecule has 2 aromatic carbocycles. The highest BCUT2D eigenvalue weighted by Gasteiger charge is 2.09. The summed E-state index contributed by atoms with van der Waals surface area (Å²) in [4.78, 5) is 12.0. The molecule has 0 radical (unpaired) electrons. The summed E-state index contributed by atoms with van der Waals surface area (Å²) in [6, 6.07) is 10.2. The molecule has 1 N–H and O–H groups in total. The Balaban J connectivity index is 2.09. The van der Waals surface area contributed by atoms with E-state index in [0.29, 0.717) is 15.9 Å². The summed E-state index contributed by atoms with van der Waals surface area (Å²) in [5.74, 6) is 0.0940. The second kappa shape index (κ2) is 6.72. The summed E-state index contributed by atoms with van der Waals surface area (Å²) in [6.07, 6.45) is 0.203. The standard InChI is InChI=1S/C16H15BrFNO2/c1-10-6-13(17)14(18)9-15(10)19-16(20)8-11-4-3-5-12(7-11)21-2/h3-7,9H,8H2,1-2H3,(H,19,20). The van der Waals surface area contributed by atoms with Crippen molar-refractivity contribution in [3.05, 3.63) is 57.8 Å². The van der Waals surface area contributed by atoms with Crippen LogP contribution in [0.1, 0.15) is 11.1 Å². The summed E-state index contributed by atoms with van der Waals surface area (Å²) >= 11 is 3.11. The summed E-state index contributed by atoms with van der Waals surface area (Å²) in [5.41, 5.74) is 2.10. The van der Waals surface area contributed by atoms with Crippen LogP contribution in [0.25, 0.3) is 0 Å². The van der Waals surface area contributed by atoms with Crippen molar-refractivity contribution < 1.29 is 13.9 Å². The minimum Gasteiger partial charge on any atom is -0.497 e. The van der Waals surface area contributed by atoms with Crippen molar-refractivity contribution in [3.8, 4) is 5.75 Å². The Labute approximate surface area is 131 Å². The fourth-order valence-electron chi connectivity index (χ4n) is 1.94. The van der Waals surface area contributed by atoms with Crippen LogP contribution in [0.3, 0.4) is 0 Å². The molecule has 110 valence electrons. The molecule has 2 rings (SSSR count). The van der Waals surface area contributed by atoms with Crippen LogP contribution < -0.4 is 10.1 Å². The molecule has 0 aliphatic rings. The van der Waals surface area contributed by atoms with Gasteiger partial charge in [-0.25, -0.2) is 4.39 Å². The molecule has 0 heterocycles. The van der Waals surface area contributed by atoms with Gasteiger partial charge in [-0.05, 0) is 58.2 Å². The number of hydrogen-bond acceptors (Lipinski definition) is 2. The highest BCUT2D eigenvalue weighted by Crippen LogP contribution is 2.24. The number of nitrogens with one attached hydrogen (secondary N) is 1. The Morgan fingerprint density at radius 1 is 1.33 bits per heavy atom. The van der Waals surface area contributed by atoms with Crippen LogP contribution >= 0.6 is 15.9 Å². The Morgan fingerprint density at radius 2 is 2.10 bits per heavy atom. The third-order valence-electron chi connectivity index (χ3n) is 3.04. The van der Waals surface area contributed by atoms with Gasteiger partial charge in [-0.2, -0.15) is 0 Å². The average molecular weight is 352 g/mol. The first-order valence-electron chi connectivity index (χ1n) is 6.38. The maximum absolute atomic E-state index is 13.5. The molecule has 0 fully saturated rings. The topological polar surface area (TPSA) is 38.3 Å². The van der Waals surface area contributed by atoms with E-state index in [1.807, 2.05) is 25.1 Å². The van der Waals surface area contributed by atoms with Gasteiger partial charge in [-0.3, -0.25) is 4.79 Å². The van der Waals surface area contributed by atoms with Gasteiger partial charge in [-0.1, -0.05) is 12.1 Å². The number of hydrogen-bond donors (Lipinski definition) is 1. The molecule has 0 saturated carbocycles. The fraction of sp³-hybridized carbons (Fsp3) is 0.188. The van der Waals surface area contributed by atoms with Gasteiger partial charge in [0.25, 0.3) is 0 Å². The number of carbonyl (C=O) groups excluding carboxylic acids is 1. The van der Waals surface area contributed by atoms with Crippen molar-refractivity contribution >= 4 is 27.5 Å². The second-order valence-electron chi connectivity index (χ2n) is 4.66. The van der Waals surface area contributed by atoms with E-state index in [2.05, 4.69) is 21.2 Å². The highest BCUT2D eigenvalue weighted by molar-refractivity contribution is 9.10. The van der Waals surface area contributed by atoms with Gasteiger partial charge in [0.2, 0.25) is 5.91 Å². The molecule has 2 aromatic rings. The largest absolute Gasteiger partial charge is 0.497 e. The van der Waals surface area contributed by atoms with E-state index in [0.717, 1.165) is 11.1 Å². The quantitative estimate of drug-likeness (QED) is 0.900. The smallest absolute Gasteiger partial charge is 0.228 e. The van der Waals surface area contributed by atoms with Crippen LogP contribution in [0.15, 0.2) is 40.9 Å². The zero-order valence-corrected chi connectivity index (χ0v) is 13.3. The van der Waals surface area contributed by atoms with Crippen molar-refractivity contribution in [1.29, 1.82) is 0 Å². The molecular weight excluding hydrogens is 337 g/mol. The van der Waals surface area contributed by atoms with Gasteiger partial charge < -0.3 is 10.1 Å². The lowest BCUT2D eigenvalue weighted by Crippen LogP contribution is -2.15. The highest BCUT2D eigenvalue weighted by atomic mass is 79.9.